The normalized spacial score (nSPS) is 10.7. The Bertz CT molecular complexity index is 603. The van der Waals surface area contributed by atoms with Crippen molar-refractivity contribution in [1.29, 1.82) is 0 Å². The van der Waals surface area contributed by atoms with E-state index in [1.807, 2.05) is 24.3 Å². The van der Waals surface area contributed by atoms with Crippen LogP contribution in [0.1, 0.15) is 4.88 Å². The molecular formula is C15H20IN3O2S. The highest BCUT2D eigenvalue weighted by molar-refractivity contribution is 14.0. The maximum Gasteiger partial charge on any atom is 0.193 e. The van der Waals surface area contributed by atoms with Crippen molar-refractivity contribution in [2.24, 2.45) is 10.7 Å². The van der Waals surface area contributed by atoms with E-state index in [1.165, 1.54) is 4.88 Å². The van der Waals surface area contributed by atoms with E-state index in [4.69, 9.17) is 15.2 Å². The Labute approximate surface area is 151 Å². The summed E-state index contributed by atoms with van der Waals surface area (Å²) in [5, 5.41) is 5.10. The number of benzene rings is 1. The minimum atomic E-state index is 0. The first-order valence-corrected chi connectivity index (χ1v) is 7.42. The van der Waals surface area contributed by atoms with Crippen LogP contribution in [-0.4, -0.2) is 26.7 Å². The third-order valence-electron chi connectivity index (χ3n) is 2.88. The van der Waals surface area contributed by atoms with Crippen LogP contribution in [0.15, 0.2) is 40.7 Å². The number of nitrogens with one attached hydrogen (secondary N) is 1. The van der Waals surface area contributed by atoms with E-state index >= 15 is 0 Å². The quantitative estimate of drug-likeness (QED) is 0.417. The molecule has 0 spiro atoms. The molecule has 2 aromatic rings. The Morgan fingerprint density at radius 3 is 2.64 bits per heavy atom. The summed E-state index contributed by atoms with van der Waals surface area (Å²) < 4.78 is 10.4. The molecule has 1 aromatic carbocycles. The second kappa shape index (κ2) is 9.52. The lowest BCUT2D eigenvalue weighted by molar-refractivity contribution is 0.355. The molecule has 2 rings (SSSR count). The van der Waals surface area contributed by atoms with Gasteiger partial charge in [0.05, 0.1) is 14.2 Å². The van der Waals surface area contributed by atoms with Crippen molar-refractivity contribution in [2.75, 3.05) is 26.1 Å². The van der Waals surface area contributed by atoms with Gasteiger partial charge in [-0.25, -0.2) is 0 Å². The van der Waals surface area contributed by atoms with Gasteiger partial charge in [-0.15, -0.1) is 35.3 Å². The Morgan fingerprint density at radius 1 is 1.23 bits per heavy atom. The maximum atomic E-state index is 5.88. The van der Waals surface area contributed by atoms with Crippen molar-refractivity contribution < 1.29 is 9.47 Å². The van der Waals surface area contributed by atoms with Crippen molar-refractivity contribution in [3.05, 3.63) is 40.6 Å². The van der Waals surface area contributed by atoms with Gasteiger partial charge in [0.15, 0.2) is 17.5 Å². The van der Waals surface area contributed by atoms with Gasteiger partial charge < -0.3 is 20.5 Å². The SMILES string of the molecule is COc1ccc(NC(N)=NCCc2cccs2)cc1OC.I. The molecule has 0 bridgehead atoms. The van der Waals surface area contributed by atoms with E-state index in [1.54, 1.807) is 25.6 Å². The largest absolute Gasteiger partial charge is 0.493 e. The highest BCUT2D eigenvalue weighted by atomic mass is 127. The number of aliphatic imine (C=N–C) groups is 1. The molecule has 0 radical (unpaired) electrons. The fourth-order valence-corrected chi connectivity index (χ4v) is 2.54. The molecular weight excluding hydrogens is 413 g/mol. The van der Waals surface area contributed by atoms with Crippen molar-refractivity contribution in [3.8, 4) is 11.5 Å². The fraction of sp³-hybridized carbons (Fsp3) is 0.267. The second-order valence-corrected chi connectivity index (χ2v) is 5.32. The average Bonchev–Trinajstić information content (AvgIpc) is 3.00. The highest BCUT2D eigenvalue weighted by Gasteiger charge is 2.05. The fourth-order valence-electron chi connectivity index (χ4n) is 1.84. The van der Waals surface area contributed by atoms with E-state index < -0.39 is 0 Å². The molecule has 120 valence electrons. The number of ether oxygens (including phenoxy) is 2. The van der Waals surface area contributed by atoms with Gasteiger partial charge in [0.1, 0.15) is 0 Å². The number of methoxy groups -OCH3 is 2. The third kappa shape index (κ3) is 5.38. The van der Waals surface area contributed by atoms with Crippen LogP contribution in [-0.2, 0) is 6.42 Å². The van der Waals surface area contributed by atoms with Crippen LogP contribution in [0, 0.1) is 0 Å². The predicted octanol–water partition coefficient (Wildman–Crippen LogP) is 3.35. The number of anilines is 1. The standard InChI is InChI=1S/C15H19N3O2S.HI/c1-19-13-6-5-11(10-14(13)20-2)18-15(16)17-8-7-12-4-3-9-21-12;/h3-6,9-10H,7-8H2,1-2H3,(H3,16,17,18);1H. The van der Waals surface area contributed by atoms with E-state index in [9.17, 15) is 0 Å². The number of thiophene rings is 1. The summed E-state index contributed by atoms with van der Waals surface area (Å²) in [5.41, 5.74) is 6.69. The van der Waals surface area contributed by atoms with Gasteiger partial charge in [0, 0.05) is 29.6 Å². The molecule has 7 heteroatoms. The molecule has 3 N–H and O–H groups in total. The molecule has 0 fully saturated rings. The summed E-state index contributed by atoms with van der Waals surface area (Å²) in [6.45, 7) is 0.659. The molecule has 5 nitrogen and oxygen atoms in total. The minimum absolute atomic E-state index is 0. The zero-order chi connectivity index (χ0) is 15.1. The molecule has 0 unspecified atom stereocenters. The molecule has 1 aromatic heterocycles. The molecule has 0 aliphatic heterocycles. The smallest absolute Gasteiger partial charge is 0.193 e. The summed E-state index contributed by atoms with van der Waals surface area (Å²) in [4.78, 5) is 5.61. The number of rotatable bonds is 6. The van der Waals surface area contributed by atoms with Gasteiger partial charge in [0.2, 0.25) is 0 Å². The van der Waals surface area contributed by atoms with Crippen LogP contribution >= 0.6 is 35.3 Å². The topological polar surface area (TPSA) is 68.9 Å². The number of nitrogens with zero attached hydrogens (tertiary/aromatic N) is 1. The molecule has 0 amide bonds. The van der Waals surface area contributed by atoms with Crippen LogP contribution in [0.25, 0.3) is 0 Å². The summed E-state index contributed by atoms with van der Waals surface area (Å²) in [6, 6.07) is 9.64. The third-order valence-corrected chi connectivity index (χ3v) is 3.81. The Kier molecular flexibility index (Phi) is 8.03. The summed E-state index contributed by atoms with van der Waals surface area (Å²) in [7, 11) is 3.20. The van der Waals surface area contributed by atoms with Gasteiger partial charge in [0.25, 0.3) is 0 Å². The predicted molar refractivity (Wildman–Crippen MR) is 103 cm³/mol. The summed E-state index contributed by atoms with van der Waals surface area (Å²) in [6.07, 6.45) is 0.895. The van der Waals surface area contributed by atoms with Crippen LogP contribution < -0.4 is 20.5 Å². The van der Waals surface area contributed by atoms with Crippen LogP contribution in [0.3, 0.4) is 0 Å². The minimum Gasteiger partial charge on any atom is -0.493 e. The molecule has 1 heterocycles. The van der Waals surface area contributed by atoms with Crippen LogP contribution in [0.2, 0.25) is 0 Å². The molecule has 0 aliphatic rings. The molecule has 0 saturated carbocycles. The number of halogens is 1. The molecule has 0 saturated heterocycles. The van der Waals surface area contributed by atoms with Gasteiger partial charge in [-0.3, -0.25) is 4.99 Å². The zero-order valence-corrected chi connectivity index (χ0v) is 15.7. The summed E-state index contributed by atoms with van der Waals surface area (Å²) in [5.74, 6) is 1.71. The van der Waals surface area contributed by atoms with Crippen molar-refractivity contribution in [1.82, 2.24) is 0 Å². The van der Waals surface area contributed by atoms with Crippen molar-refractivity contribution >= 4 is 47.0 Å². The number of hydrogen-bond acceptors (Lipinski definition) is 4. The first kappa shape index (κ1) is 18.6. The lowest BCUT2D eigenvalue weighted by Crippen LogP contribution is -2.23. The van der Waals surface area contributed by atoms with Crippen LogP contribution in [0.5, 0.6) is 11.5 Å². The van der Waals surface area contributed by atoms with E-state index in [-0.39, 0.29) is 24.0 Å². The highest BCUT2D eigenvalue weighted by Crippen LogP contribution is 2.29. The van der Waals surface area contributed by atoms with Gasteiger partial charge >= 0.3 is 0 Å². The number of nitrogens with two attached hydrogens (primary N) is 1. The summed E-state index contributed by atoms with van der Waals surface area (Å²) >= 11 is 1.73. The maximum absolute atomic E-state index is 5.88. The van der Waals surface area contributed by atoms with Crippen LogP contribution in [0.4, 0.5) is 5.69 Å². The lowest BCUT2D eigenvalue weighted by Gasteiger charge is -2.10. The first-order chi connectivity index (χ1) is 10.2. The number of guanidine groups is 1. The van der Waals surface area contributed by atoms with E-state index in [0.29, 0.717) is 24.0 Å². The van der Waals surface area contributed by atoms with Gasteiger partial charge in [-0.2, -0.15) is 0 Å². The van der Waals surface area contributed by atoms with Crippen molar-refractivity contribution in [2.45, 2.75) is 6.42 Å². The Hall–Kier alpha value is -1.48. The Balaban J connectivity index is 0.00000242. The van der Waals surface area contributed by atoms with E-state index in [0.717, 1.165) is 12.1 Å². The monoisotopic (exact) mass is 433 g/mol. The molecule has 0 atom stereocenters. The second-order valence-electron chi connectivity index (χ2n) is 4.29. The Morgan fingerprint density at radius 2 is 2.00 bits per heavy atom. The lowest BCUT2D eigenvalue weighted by atomic mass is 10.3. The number of hydrogen-bond donors (Lipinski definition) is 2. The molecule has 22 heavy (non-hydrogen) atoms. The van der Waals surface area contributed by atoms with E-state index in [2.05, 4.69) is 21.8 Å². The van der Waals surface area contributed by atoms with Gasteiger partial charge in [-0.1, -0.05) is 6.07 Å². The van der Waals surface area contributed by atoms with Gasteiger partial charge in [-0.05, 0) is 23.6 Å². The van der Waals surface area contributed by atoms with Crippen molar-refractivity contribution in [3.63, 3.8) is 0 Å². The average molecular weight is 433 g/mol. The molecule has 0 aliphatic carbocycles. The first-order valence-electron chi connectivity index (χ1n) is 6.54. The zero-order valence-electron chi connectivity index (χ0n) is 12.5.